The van der Waals surface area contributed by atoms with Crippen LogP contribution in [0, 0.1) is 0 Å². The number of hydrogen-bond donors (Lipinski definition) is 2. The fraction of sp³-hybridized carbons (Fsp3) is 0.400. The zero-order chi connectivity index (χ0) is 11.3. The number of nitrogens with two attached hydrogens (primary N) is 2. The van der Waals surface area contributed by atoms with Crippen LogP contribution in [0.1, 0.15) is 28.1 Å². The Morgan fingerprint density at radius 3 is 3.19 bits per heavy atom. The number of anilines is 2. The largest absolute Gasteiger partial charge is 0.397 e. The predicted molar refractivity (Wildman–Crippen MR) is 65.2 cm³/mol. The molecule has 2 aliphatic heterocycles. The number of nitrogens with zero attached hydrogens (tertiary/aromatic N) is 2. The van der Waals surface area contributed by atoms with Gasteiger partial charge in [-0.05, 0) is 12.8 Å². The third-order valence-electron chi connectivity index (χ3n) is 3.05. The Morgan fingerprint density at radius 2 is 2.44 bits per heavy atom. The Morgan fingerprint density at radius 1 is 1.62 bits per heavy atom. The summed E-state index contributed by atoms with van der Waals surface area (Å²) < 4.78 is 0. The predicted octanol–water partition coefficient (Wildman–Crippen LogP) is 0.788. The zero-order valence-corrected chi connectivity index (χ0v) is 9.46. The van der Waals surface area contributed by atoms with E-state index in [0.717, 1.165) is 30.0 Å². The summed E-state index contributed by atoms with van der Waals surface area (Å²) in [7, 11) is 0. The maximum atomic E-state index is 11.2. The first-order chi connectivity index (χ1) is 7.68. The molecule has 0 spiro atoms. The molecule has 3 rings (SSSR count). The highest BCUT2D eigenvalue weighted by Crippen LogP contribution is 2.42. The number of primary amides is 1. The molecule has 0 aromatic carbocycles. The molecule has 1 atom stereocenters. The summed E-state index contributed by atoms with van der Waals surface area (Å²) in [6.45, 7) is 0.979. The molecule has 16 heavy (non-hydrogen) atoms. The summed E-state index contributed by atoms with van der Waals surface area (Å²) in [5.74, 6) is -0.457. The molecular formula is C10H12N4OS. The third kappa shape index (κ3) is 1.16. The number of thiophene rings is 1. The van der Waals surface area contributed by atoms with E-state index in [1.54, 1.807) is 6.21 Å². The lowest BCUT2D eigenvalue weighted by Gasteiger charge is -2.26. The van der Waals surface area contributed by atoms with Crippen molar-refractivity contribution in [1.82, 2.24) is 0 Å². The van der Waals surface area contributed by atoms with Crippen LogP contribution < -0.4 is 16.4 Å². The lowest BCUT2D eigenvalue weighted by Crippen LogP contribution is -2.30. The minimum Gasteiger partial charge on any atom is -0.397 e. The van der Waals surface area contributed by atoms with Gasteiger partial charge in [0, 0.05) is 12.8 Å². The molecule has 0 unspecified atom stereocenters. The van der Waals surface area contributed by atoms with Gasteiger partial charge in [-0.1, -0.05) is 0 Å². The number of aliphatic imine (C=N–C) groups is 1. The van der Waals surface area contributed by atoms with Crippen LogP contribution in [0.5, 0.6) is 0 Å². The smallest absolute Gasteiger partial charge is 0.260 e. The van der Waals surface area contributed by atoms with Crippen molar-refractivity contribution < 1.29 is 4.79 Å². The van der Waals surface area contributed by atoms with Crippen LogP contribution >= 0.6 is 11.3 Å². The quantitative estimate of drug-likeness (QED) is 0.756. The monoisotopic (exact) mass is 236 g/mol. The van der Waals surface area contributed by atoms with Crippen molar-refractivity contribution in [2.75, 3.05) is 17.2 Å². The number of carbonyl (C=O) groups is 1. The molecule has 0 saturated carbocycles. The fourth-order valence-corrected chi connectivity index (χ4v) is 3.38. The van der Waals surface area contributed by atoms with Crippen LogP contribution in [0.25, 0.3) is 0 Å². The van der Waals surface area contributed by atoms with Crippen LogP contribution in [-0.4, -0.2) is 24.8 Å². The average Bonchev–Trinajstić information content (AvgIpc) is 2.81. The molecule has 1 saturated heterocycles. The second kappa shape index (κ2) is 3.21. The van der Waals surface area contributed by atoms with Crippen molar-refractivity contribution in [3.8, 4) is 0 Å². The molecule has 0 aliphatic carbocycles. The first-order valence-electron chi connectivity index (χ1n) is 5.20. The lowest BCUT2D eigenvalue weighted by molar-refractivity contribution is 0.100. The summed E-state index contributed by atoms with van der Waals surface area (Å²) in [4.78, 5) is 18.3. The van der Waals surface area contributed by atoms with Crippen molar-refractivity contribution in [2.24, 2.45) is 10.7 Å². The van der Waals surface area contributed by atoms with Crippen LogP contribution in [0.3, 0.4) is 0 Å². The summed E-state index contributed by atoms with van der Waals surface area (Å²) in [5.41, 5.74) is 12.5. The van der Waals surface area contributed by atoms with E-state index in [4.69, 9.17) is 11.5 Å². The first-order valence-corrected chi connectivity index (χ1v) is 6.02. The van der Waals surface area contributed by atoms with Crippen LogP contribution in [0.4, 0.5) is 10.7 Å². The maximum Gasteiger partial charge on any atom is 0.260 e. The van der Waals surface area contributed by atoms with Gasteiger partial charge in [0.15, 0.2) is 0 Å². The minimum atomic E-state index is -0.457. The van der Waals surface area contributed by atoms with E-state index in [-0.39, 0.29) is 6.17 Å². The molecule has 0 bridgehead atoms. The summed E-state index contributed by atoms with van der Waals surface area (Å²) >= 11 is 1.38. The van der Waals surface area contributed by atoms with Crippen molar-refractivity contribution in [3.05, 3.63) is 10.4 Å². The maximum absolute atomic E-state index is 11.2. The molecular weight excluding hydrogens is 224 g/mol. The first kappa shape index (κ1) is 9.65. The third-order valence-corrected chi connectivity index (χ3v) is 4.32. The Labute approximate surface area is 96.7 Å². The molecule has 2 aliphatic rings. The molecule has 0 radical (unpaired) electrons. The molecule has 5 nitrogen and oxygen atoms in total. The van der Waals surface area contributed by atoms with Crippen LogP contribution in [-0.2, 0) is 0 Å². The molecule has 1 aromatic rings. The van der Waals surface area contributed by atoms with E-state index in [1.165, 1.54) is 11.3 Å². The van der Waals surface area contributed by atoms with Crippen LogP contribution in [0.2, 0.25) is 0 Å². The van der Waals surface area contributed by atoms with Gasteiger partial charge in [-0.15, -0.1) is 11.3 Å². The van der Waals surface area contributed by atoms with Gasteiger partial charge in [0.2, 0.25) is 0 Å². The van der Waals surface area contributed by atoms with E-state index >= 15 is 0 Å². The highest BCUT2D eigenvalue weighted by atomic mass is 32.1. The molecule has 1 amide bonds. The van der Waals surface area contributed by atoms with Gasteiger partial charge < -0.3 is 16.4 Å². The van der Waals surface area contributed by atoms with Gasteiger partial charge in [0.05, 0.1) is 11.3 Å². The van der Waals surface area contributed by atoms with Crippen LogP contribution in [0.15, 0.2) is 4.99 Å². The average molecular weight is 236 g/mol. The zero-order valence-electron chi connectivity index (χ0n) is 8.64. The molecule has 1 aromatic heterocycles. The van der Waals surface area contributed by atoms with Gasteiger partial charge >= 0.3 is 0 Å². The van der Waals surface area contributed by atoms with E-state index in [2.05, 4.69) is 9.89 Å². The summed E-state index contributed by atoms with van der Waals surface area (Å²) in [6.07, 6.45) is 4.21. The van der Waals surface area contributed by atoms with Crippen molar-refractivity contribution >= 4 is 34.1 Å². The van der Waals surface area contributed by atoms with Gasteiger partial charge in [-0.2, -0.15) is 0 Å². The minimum absolute atomic E-state index is 0.228. The number of fused-ring (bicyclic) bond motifs is 3. The topological polar surface area (TPSA) is 84.7 Å². The summed E-state index contributed by atoms with van der Waals surface area (Å²) in [6, 6.07) is 0. The second-order valence-electron chi connectivity index (χ2n) is 4.02. The Hall–Kier alpha value is -1.56. The van der Waals surface area contributed by atoms with E-state index < -0.39 is 5.91 Å². The van der Waals surface area contributed by atoms with E-state index in [9.17, 15) is 4.79 Å². The van der Waals surface area contributed by atoms with Crippen molar-refractivity contribution in [2.45, 2.75) is 19.0 Å². The number of nitrogen functional groups attached to an aromatic ring is 1. The molecule has 84 valence electrons. The standard InChI is InChI=1S/C10H12N4OS/c11-7-5-4-13-6-2-1-3-14(6)10(5)16-8(7)9(12)15/h4,6H,1-3,11H2,(H2,12,15)/t6-/m0/s1. The highest BCUT2D eigenvalue weighted by molar-refractivity contribution is 7.19. The lowest BCUT2D eigenvalue weighted by atomic mass is 10.2. The second-order valence-corrected chi connectivity index (χ2v) is 5.02. The van der Waals surface area contributed by atoms with Gasteiger partial charge in [0.25, 0.3) is 5.91 Å². The van der Waals surface area contributed by atoms with E-state index in [0.29, 0.717) is 10.6 Å². The number of carbonyl (C=O) groups excluding carboxylic acids is 1. The fourth-order valence-electron chi connectivity index (χ4n) is 2.27. The van der Waals surface area contributed by atoms with E-state index in [1.807, 2.05) is 0 Å². The molecule has 1 fully saturated rings. The molecule has 4 N–H and O–H groups in total. The SMILES string of the molecule is NC(=O)c1sc2c(c1N)C=N[C@@H]1CCCN21. The van der Waals surface area contributed by atoms with Gasteiger partial charge in [-0.25, -0.2) is 0 Å². The molecule has 3 heterocycles. The number of hydrogen-bond acceptors (Lipinski definition) is 5. The summed E-state index contributed by atoms with van der Waals surface area (Å²) in [5, 5.41) is 1.05. The Balaban J connectivity index is 2.15. The Bertz CT molecular complexity index is 493. The van der Waals surface area contributed by atoms with Gasteiger partial charge in [0.1, 0.15) is 16.0 Å². The van der Waals surface area contributed by atoms with Crippen molar-refractivity contribution in [1.29, 1.82) is 0 Å². The van der Waals surface area contributed by atoms with Gasteiger partial charge in [-0.3, -0.25) is 9.79 Å². The normalized spacial score (nSPS) is 22.0. The van der Waals surface area contributed by atoms with Crippen molar-refractivity contribution in [3.63, 3.8) is 0 Å². The number of rotatable bonds is 1. The number of amides is 1. The Kier molecular flexibility index (Phi) is 1.94. The molecule has 6 heteroatoms. The highest BCUT2D eigenvalue weighted by Gasteiger charge is 2.32.